The van der Waals surface area contributed by atoms with Gasteiger partial charge in [-0.2, -0.15) is 5.10 Å². The number of fused-ring (bicyclic) bond motifs is 1. The number of nitrogens with zero attached hydrogens (tertiary/aromatic N) is 7. The van der Waals surface area contributed by atoms with Crippen LogP contribution in [0.2, 0.25) is 0 Å². The van der Waals surface area contributed by atoms with Crippen LogP contribution in [0.3, 0.4) is 0 Å². The van der Waals surface area contributed by atoms with E-state index in [1.807, 2.05) is 63.4 Å². The molecule has 0 N–H and O–H groups in total. The highest BCUT2D eigenvalue weighted by Crippen LogP contribution is 2.16. The molecule has 7 heteroatoms. The molecule has 25 heavy (non-hydrogen) atoms. The van der Waals surface area contributed by atoms with E-state index in [2.05, 4.69) is 25.1 Å². The molecule has 3 heterocycles. The third kappa shape index (κ3) is 2.80. The predicted octanol–water partition coefficient (Wildman–Crippen LogP) is 2.71. The summed E-state index contributed by atoms with van der Waals surface area (Å²) in [6.07, 6.45) is 5.50. The van der Waals surface area contributed by atoms with Crippen molar-refractivity contribution in [3.8, 4) is 11.4 Å². The molecule has 0 spiro atoms. The number of aryl methyl sites for hydroxylation is 3. The molecule has 0 aliphatic carbocycles. The Bertz CT molecular complexity index is 1030. The predicted molar refractivity (Wildman–Crippen MR) is 95.6 cm³/mol. The van der Waals surface area contributed by atoms with Gasteiger partial charge in [-0.25, -0.2) is 19.2 Å². The van der Waals surface area contributed by atoms with Crippen molar-refractivity contribution in [1.82, 2.24) is 34.3 Å². The molecule has 124 valence electrons. The summed E-state index contributed by atoms with van der Waals surface area (Å²) in [6, 6.07) is 9.90. The molecule has 0 saturated carbocycles. The number of rotatable bonds is 3. The van der Waals surface area contributed by atoms with Crippen LogP contribution in [0.25, 0.3) is 29.2 Å². The molecule has 0 fully saturated rings. The first-order valence-electron chi connectivity index (χ1n) is 7.95. The maximum atomic E-state index is 4.57. The average molecular weight is 331 g/mol. The van der Waals surface area contributed by atoms with Gasteiger partial charge in [0, 0.05) is 18.8 Å². The molecule has 0 aliphatic rings. The Balaban J connectivity index is 1.68. The second-order valence-corrected chi connectivity index (χ2v) is 5.81. The molecule has 4 rings (SSSR count). The summed E-state index contributed by atoms with van der Waals surface area (Å²) in [5, 5.41) is 8.97. The van der Waals surface area contributed by atoms with Gasteiger partial charge in [-0.15, -0.1) is 5.10 Å². The van der Waals surface area contributed by atoms with E-state index in [4.69, 9.17) is 0 Å². The van der Waals surface area contributed by atoms with Crippen LogP contribution in [0.4, 0.5) is 0 Å². The van der Waals surface area contributed by atoms with Crippen LogP contribution in [-0.4, -0.2) is 34.3 Å². The van der Waals surface area contributed by atoms with E-state index in [0.29, 0.717) is 11.6 Å². The van der Waals surface area contributed by atoms with E-state index in [0.717, 1.165) is 28.4 Å². The highest BCUT2D eigenvalue weighted by atomic mass is 15.3. The highest BCUT2D eigenvalue weighted by molar-refractivity contribution is 5.66. The van der Waals surface area contributed by atoms with Crippen molar-refractivity contribution >= 4 is 17.8 Å². The summed E-state index contributed by atoms with van der Waals surface area (Å²) >= 11 is 0. The van der Waals surface area contributed by atoms with E-state index in [1.54, 1.807) is 15.4 Å². The molecule has 1 aromatic carbocycles. The zero-order valence-electron chi connectivity index (χ0n) is 14.2. The van der Waals surface area contributed by atoms with Crippen molar-refractivity contribution in [3.63, 3.8) is 0 Å². The molecule has 0 aliphatic heterocycles. The van der Waals surface area contributed by atoms with E-state index >= 15 is 0 Å². The largest absolute Gasteiger partial charge is 0.256 e. The van der Waals surface area contributed by atoms with Crippen LogP contribution < -0.4 is 0 Å². The zero-order valence-corrected chi connectivity index (χ0v) is 14.2. The summed E-state index contributed by atoms with van der Waals surface area (Å²) in [5.74, 6) is 2.05. The van der Waals surface area contributed by atoms with Crippen LogP contribution in [-0.2, 0) is 7.05 Å². The van der Waals surface area contributed by atoms with Crippen molar-refractivity contribution in [3.05, 3.63) is 59.6 Å². The monoisotopic (exact) mass is 331 g/mol. The molecule has 4 aromatic rings. The first-order chi connectivity index (χ1) is 12.1. The van der Waals surface area contributed by atoms with E-state index in [-0.39, 0.29) is 0 Å². The van der Waals surface area contributed by atoms with E-state index < -0.39 is 0 Å². The Kier molecular flexibility index (Phi) is 3.61. The van der Waals surface area contributed by atoms with Gasteiger partial charge in [0.1, 0.15) is 0 Å². The van der Waals surface area contributed by atoms with Crippen LogP contribution in [0.15, 0.2) is 36.5 Å². The Morgan fingerprint density at radius 3 is 2.52 bits per heavy atom. The Hall–Kier alpha value is -3.35. The fraction of sp³-hybridized carbons (Fsp3) is 0.167. The smallest absolute Gasteiger partial charge is 0.181 e. The van der Waals surface area contributed by atoms with Gasteiger partial charge in [0.2, 0.25) is 0 Å². The van der Waals surface area contributed by atoms with Crippen molar-refractivity contribution in [1.29, 1.82) is 0 Å². The van der Waals surface area contributed by atoms with Crippen LogP contribution in [0.1, 0.15) is 23.0 Å². The minimum absolute atomic E-state index is 0.614. The van der Waals surface area contributed by atoms with Gasteiger partial charge in [-0.05, 0) is 26.0 Å². The summed E-state index contributed by atoms with van der Waals surface area (Å²) in [7, 11) is 1.87. The van der Waals surface area contributed by atoms with Crippen molar-refractivity contribution < 1.29 is 0 Å². The van der Waals surface area contributed by atoms with Crippen LogP contribution >= 0.6 is 0 Å². The number of aromatic nitrogens is 7. The summed E-state index contributed by atoms with van der Waals surface area (Å²) in [5.41, 5.74) is 3.55. The maximum Gasteiger partial charge on any atom is 0.181 e. The number of hydrogen-bond acceptors (Lipinski definition) is 5. The van der Waals surface area contributed by atoms with E-state index in [9.17, 15) is 0 Å². The minimum atomic E-state index is 0.614. The first-order valence-corrected chi connectivity index (χ1v) is 7.95. The fourth-order valence-corrected chi connectivity index (χ4v) is 2.58. The van der Waals surface area contributed by atoms with Gasteiger partial charge in [-0.1, -0.05) is 30.3 Å². The van der Waals surface area contributed by atoms with Gasteiger partial charge >= 0.3 is 0 Å². The molecule has 0 radical (unpaired) electrons. The highest BCUT2D eigenvalue weighted by Gasteiger charge is 2.09. The minimum Gasteiger partial charge on any atom is -0.256 e. The summed E-state index contributed by atoms with van der Waals surface area (Å²) < 4.78 is 3.54. The fourth-order valence-electron chi connectivity index (χ4n) is 2.58. The number of hydrogen-bond donors (Lipinski definition) is 0. The molecular formula is C18H17N7. The molecule has 7 nitrogen and oxygen atoms in total. The molecule has 3 aromatic heterocycles. The Morgan fingerprint density at radius 1 is 0.960 bits per heavy atom. The SMILES string of the molecule is Cc1ncc(C)n2nc(/C=C/c3nc(-c4ccccc4)nn3C)nc12. The standard InChI is InChI=1S/C18H17N7/c1-12-11-19-13(2)18-20-15(22-25(12)18)9-10-16-21-17(23-24(16)3)14-7-5-4-6-8-14/h4-11H,1-3H3/b10-9+. The topological polar surface area (TPSA) is 73.8 Å². The summed E-state index contributed by atoms with van der Waals surface area (Å²) in [4.78, 5) is 13.4. The van der Waals surface area contributed by atoms with Gasteiger partial charge in [0.15, 0.2) is 23.1 Å². The lowest BCUT2D eigenvalue weighted by Gasteiger charge is -1.97. The van der Waals surface area contributed by atoms with Gasteiger partial charge in [0.25, 0.3) is 0 Å². The molecule has 0 atom stereocenters. The average Bonchev–Trinajstić information content (AvgIpc) is 3.22. The third-order valence-electron chi connectivity index (χ3n) is 3.94. The van der Waals surface area contributed by atoms with E-state index in [1.165, 1.54) is 0 Å². The summed E-state index contributed by atoms with van der Waals surface area (Å²) in [6.45, 7) is 3.88. The van der Waals surface area contributed by atoms with Crippen molar-refractivity contribution in [2.45, 2.75) is 13.8 Å². The Morgan fingerprint density at radius 2 is 1.76 bits per heavy atom. The Labute approximate surface area is 144 Å². The molecule has 0 amide bonds. The van der Waals surface area contributed by atoms with Gasteiger partial charge < -0.3 is 0 Å². The number of benzene rings is 1. The lowest BCUT2D eigenvalue weighted by molar-refractivity contribution is 0.759. The van der Waals surface area contributed by atoms with Gasteiger partial charge in [0.05, 0.1) is 11.4 Å². The van der Waals surface area contributed by atoms with Gasteiger partial charge in [-0.3, -0.25) is 4.98 Å². The molecule has 0 bridgehead atoms. The first kappa shape index (κ1) is 15.2. The normalized spacial score (nSPS) is 11.6. The molecule has 0 unspecified atom stereocenters. The quantitative estimate of drug-likeness (QED) is 0.577. The van der Waals surface area contributed by atoms with Crippen molar-refractivity contribution in [2.75, 3.05) is 0 Å². The lowest BCUT2D eigenvalue weighted by atomic mass is 10.2. The van der Waals surface area contributed by atoms with Crippen LogP contribution in [0, 0.1) is 13.8 Å². The third-order valence-corrected chi connectivity index (χ3v) is 3.94. The second-order valence-electron chi connectivity index (χ2n) is 5.81. The second kappa shape index (κ2) is 5.94. The zero-order chi connectivity index (χ0) is 17.4. The lowest BCUT2D eigenvalue weighted by Crippen LogP contribution is -1.97. The molecular weight excluding hydrogens is 314 g/mol. The van der Waals surface area contributed by atoms with Crippen LogP contribution in [0.5, 0.6) is 0 Å². The molecule has 0 saturated heterocycles. The van der Waals surface area contributed by atoms with Crippen molar-refractivity contribution in [2.24, 2.45) is 7.05 Å². The maximum absolute atomic E-state index is 4.57.